The SMILES string of the molecule is C.CC(=O)OCC(COC(C)=O)OC(C)=O.CCC(C)CO.CCC(C)COC(C)=O.CCC(C)COC(C)=O.CCC(C)COC(C)=O.OCC(O)CO. The summed E-state index contributed by atoms with van der Waals surface area (Å²) in [4.78, 5) is 62.4. The molecule has 4 atom stereocenters. The van der Waals surface area contributed by atoms with Crippen molar-refractivity contribution in [2.75, 3.05) is 52.9 Å². The number of ether oxygens (including phenoxy) is 6. The Morgan fingerprint density at radius 3 is 0.782 bits per heavy atom. The molecular formula is C39H80O16. The molecule has 55 heavy (non-hydrogen) atoms. The number of aliphatic hydroxyl groups is 4. The maximum Gasteiger partial charge on any atom is 0.303 e. The van der Waals surface area contributed by atoms with Crippen LogP contribution >= 0.6 is 0 Å². The van der Waals surface area contributed by atoms with Crippen LogP contribution in [-0.2, 0) is 57.2 Å². The van der Waals surface area contributed by atoms with Crippen LogP contribution in [-0.4, -0.2) is 121 Å². The Morgan fingerprint density at radius 1 is 0.418 bits per heavy atom. The number of esters is 6. The smallest absolute Gasteiger partial charge is 0.303 e. The topological polar surface area (TPSA) is 239 Å². The molecular weight excluding hydrogens is 724 g/mol. The van der Waals surface area contributed by atoms with E-state index in [2.05, 4.69) is 57.9 Å². The summed E-state index contributed by atoms with van der Waals surface area (Å²) >= 11 is 0. The minimum atomic E-state index is -0.954. The summed E-state index contributed by atoms with van der Waals surface area (Å²) in [5.41, 5.74) is 0. The fraction of sp³-hybridized carbons (Fsp3) is 0.846. The van der Waals surface area contributed by atoms with Crippen LogP contribution in [0, 0.1) is 23.7 Å². The highest BCUT2D eigenvalue weighted by Gasteiger charge is 2.15. The van der Waals surface area contributed by atoms with Gasteiger partial charge in [0.15, 0.2) is 6.10 Å². The van der Waals surface area contributed by atoms with E-state index in [0.717, 1.165) is 25.7 Å². The van der Waals surface area contributed by atoms with Crippen LogP contribution < -0.4 is 0 Å². The third kappa shape index (κ3) is 76.3. The van der Waals surface area contributed by atoms with Gasteiger partial charge in [0.05, 0.1) is 33.0 Å². The first kappa shape index (κ1) is 66.5. The predicted octanol–water partition coefficient (Wildman–Crippen LogP) is 4.82. The van der Waals surface area contributed by atoms with E-state index >= 15 is 0 Å². The summed E-state index contributed by atoms with van der Waals surface area (Å²) in [6.45, 7) is 25.5. The van der Waals surface area contributed by atoms with Gasteiger partial charge < -0.3 is 48.8 Å². The Balaban J connectivity index is -0.000000103. The Kier molecular flexibility index (Phi) is 58.8. The van der Waals surface area contributed by atoms with Gasteiger partial charge in [-0.15, -0.1) is 0 Å². The van der Waals surface area contributed by atoms with Crippen molar-refractivity contribution >= 4 is 35.8 Å². The molecule has 0 saturated heterocycles. The predicted molar refractivity (Wildman–Crippen MR) is 211 cm³/mol. The number of carbonyl (C=O) groups is 6. The third-order valence-corrected chi connectivity index (χ3v) is 6.51. The molecule has 0 rings (SSSR count). The zero-order valence-electron chi connectivity index (χ0n) is 35.6. The van der Waals surface area contributed by atoms with Crippen LogP contribution in [0.4, 0.5) is 0 Å². The molecule has 0 bridgehead atoms. The number of carbonyl (C=O) groups excluding carboxylic acids is 6. The first-order valence-corrected chi connectivity index (χ1v) is 18.4. The van der Waals surface area contributed by atoms with E-state index in [4.69, 9.17) is 39.4 Å². The highest BCUT2D eigenvalue weighted by molar-refractivity contribution is 5.68. The molecule has 0 radical (unpaired) electrons. The summed E-state index contributed by atoms with van der Waals surface area (Å²) in [6, 6.07) is 0. The van der Waals surface area contributed by atoms with Crippen LogP contribution in [0.2, 0.25) is 0 Å². The summed E-state index contributed by atoms with van der Waals surface area (Å²) < 4.78 is 28.3. The molecule has 0 aliphatic rings. The first-order chi connectivity index (χ1) is 25.0. The Hall–Kier alpha value is -3.34. The molecule has 0 heterocycles. The van der Waals surface area contributed by atoms with Crippen LogP contribution in [0.3, 0.4) is 0 Å². The summed E-state index contributed by atoms with van der Waals surface area (Å²) in [7, 11) is 0. The summed E-state index contributed by atoms with van der Waals surface area (Å²) in [5, 5.41) is 32.4. The van der Waals surface area contributed by atoms with Crippen molar-refractivity contribution in [1.29, 1.82) is 0 Å². The van der Waals surface area contributed by atoms with Crippen molar-refractivity contribution in [3.63, 3.8) is 0 Å². The first-order valence-electron chi connectivity index (χ1n) is 18.4. The monoisotopic (exact) mass is 805 g/mol. The molecule has 16 nitrogen and oxygen atoms in total. The number of rotatable bonds is 18. The fourth-order valence-corrected chi connectivity index (χ4v) is 2.09. The highest BCUT2D eigenvalue weighted by atomic mass is 16.6. The average Bonchev–Trinajstić information content (AvgIpc) is 3.12. The van der Waals surface area contributed by atoms with Gasteiger partial charge in [0.1, 0.15) is 19.3 Å². The molecule has 332 valence electrons. The molecule has 16 heteroatoms. The minimum Gasteiger partial charge on any atom is -0.466 e. The van der Waals surface area contributed by atoms with Gasteiger partial charge >= 0.3 is 35.8 Å². The molecule has 0 aromatic heterocycles. The zero-order chi connectivity index (χ0) is 43.7. The fourth-order valence-electron chi connectivity index (χ4n) is 2.09. The largest absolute Gasteiger partial charge is 0.466 e. The molecule has 0 spiro atoms. The molecule has 4 unspecified atom stereocenters. The van der Waals surface area contributed by atoms with Crippen molar-refractivity contribution in [1.82, 2.24) is 0 Å². The molecule has 0 aromatic rings. The normalized spacial score (nSPS) is 11.6. The maximum atomic E-state index is 10.6. The lowest BCUT2D eigenvalue weighted by atomic mass is 10.1. The van der Waals surface area contributed by atoms with Gasteiger partial charge in [0.25, 0.3) is 0 Å². The lowest BCUT2D eigenvalue weighted by molar-refractivity contribution is -0.163. The van der Waals surface area contributed by atoms with E-state index in [1.807, 2.05) is 6.92 Å². The van der Waals surface area contributed by atoms with E-state index in [0.29, 0.717) is 50.1 Å². The average molecular weight is 805 g/mol. The minimum absolute atomic E-state index is 0. The van der Waals surface area contributed by atoms with Crippen molar-refractivity contribution in [2.24, 2.45) is 23.7 Å². The van der Waals surface area contributed by atoms with Crippen LogP contribution in [0.15, 0.2) is 0 Å². The van der Waals surface area contributed by atoms with Crippen molar-refractivity contribution in [3.8, 4) is 0 Å². The van der Waals surface area contributed by atoms with Gasteiger partial charge in [-0.1, -0.05) is 88.5 Å². The Morgan fingerprint density at radius 2 is 0.655 bits per heavy atom. The Labute approximate surface area is 331 Å². The van der Waals surface area contributed by atoms with E-state index in [1.54, 1.807) is 0 Å². The quantitative estimate of drug-likeness (QED) is 0.107. The molecule has 0 aliphatic heterocycles. The second kappa shape index (κ2) is 48.7. The van der Waals surface area contributed by atoms with Gasteiger partial charge in [-0.25, -0.2) is 0 Å². The molecule has 0 aliphatic carbocycles. The van der Waals surface area contributed by atoms with E-state index in [1.165, 1.54) is 41.5 Å². The standard InChI is InChI=1S/C9H14O6.3C7H14O2.C5H12O.C3H8O3.CH4/c1-6(10)13-4-9(15-8(3)12)5-14-7(2)11;3*1-4-6(2)5-9-7(3)8;1-3-5(2)4-6;4-1-3(6)2-5;/h9H,4-5H2,1-3H3;3*6H,4-5H2,1-3H3;5-6H,3-4H2,1-2H3;3-6H,1-2H2;1H4. The van der Waals surface area contributed by atoms with Crippen LogP contribution in [0.1, 0.15) is 130 Å². The summed E-state index contributed by atoms with van der Waals surface area (Å²) in [5.74, 6) is -0.0909. The number of aliphatic hydroxyl groups excluding tert-OH is 4. The third-order valence-electron chi connectivity index (χ3n) is 6.51. The molecule has 0 amide bonds. The van der Waals surface area contributed by atoms with E-state index in [-0.39, 0.29) is 51.8 Å². The van der Waals surface area contributed by atoms with Crippen molar-refractivity contribution < 1.29 is 77.6 Å². The molecule has 0 fully saturated rings. The number of hydrogen-bond acceptors (Lipinski definition) is 16. The zero-order valence-corrected chi connectivity index (χ0v) is 35.6. The van der Waals surface area contributed by atoms with Gasteiger partial charge in [-0.2, -0.15) is 0 Å². The van der Waals surface area contributed by atoms with Gasteiger partial charge in [-0.05, 0) is 23.7 Å². The van der Waals surface area contributed by atoms with Gasteiger partial charge in [0.2, 0.25) is 0 Å². The molecule has 0 aromatic carbocycles. The van der Waals surface area contributed by atoms with Crippen LogP contribution in [0.25, 0.3) is 0 Å². The highest BCUT2D eigenvalue weighted by Crippen LogP contribution is 2.02. The lowest BCUT2D eigenvalue weighted by Gasteiger charge is -2.15. The van der Waals surface area contributed by atoms with Crippen molar-refractivity contribution in [3.05, 3.63) is 0 Å². The van der Waals surface area contributed by atoms with E-state index in [9.17, 15) is 28.8 Å². The second-order valence-corrected chi connectivity index (χ2v) is 12.5. The number of hydrogen-bond donors (Lipinski definition) is 4. The molecule has 4 N–H and O–H groups in total. The Bertz CT molecular complexity index is 819. The van der Waals surface area contributed by atoms with Crippen molar-refractivity contribution in [2.45, 2.75) is 142 Å². The maximum absolute atomic E-state index is 10.6. The summed E-state index contributed by atoms with van der Waals surface area (Å²) in [6.07, 6.45) is 2.56. The van der Waals surface area contributed by atoms with E-state index < -0.39 is 30.1 Å². The van der Waals surface area contributed by atoms with Gasteiger partial charge in [-0.3, -0.25) is 28.8 Å². The second-order valence-electron chi connectivity index (χ2n) is 12.5. The van der Waals surface area contributed by atoms with Gasteiger partial charge in [0, 0.05) is 48.1 Å². The molecule has 0 saturated carbocycles. The lowest BCUT2D eigenvalue weighted by Crippen LogP contribution is -2.29. The van der Waals surface area contributed by atoms with Crippen LogP contribution in [0.5, 0.6) is 0 Å².